The van der Waals surface area contributed by atoms with Crippen molar-refractivity contribution in [2.24, 2.45) is 5.41 Å². The lowest BCUT2D eigenvalue weighted by Crippen LogP contribution is -2.51. The predicted octanol–water partition coefficient (Wildman–Crippen LogP) is 6.11. The number of hydrogen-bond acceptors (Lipinski definition) is 2. The van der Waals surface area contributed by atoms with Gasteiger partial charge in [-0.3, -0.25) is 0 Å². The van der Waals surface area contributed by atoms with Gasteiger partial charge in [0, 0.05) is 15.8 Å². The quantitative estimate of drug-likeness (QED) is 0.623. The van der Waals surface area contributed by atoms with E-state index in [2.05, 4.69) is 99.8 Å². The van der Waals surface area contributed by atoms with Crippen molar-refractivity contribution in [2.45, 2.75) is 50.8 Å². The molecule has 0 amide bonds. The predicted molar refractivity (Wildman–Crippen MR) is 101 cm³/mol. The number of fused-ring (bicyclic) bond motifs is 5. The summed E-state index contributed by atoms with van der Waals surface area (Å²) >= 11 is 2.11. The number of anilines is 1. The number of benzene rings is 2. The summed E-state index contributed by atoms with van der Waals surface area (Å²) in [5.74, 6) is 0. The van der Waals surface area contributed by atoms with Crippen LogP contribution in [0.4, 0.5) is 5.69 Å². The summed E-state index contributed by atoms with van der Waals surface area (Å²) in [5.41, 5.74) is 5.87. The molecule has 2 atom stereocenters. The topological polar surface area (TPSA) is 3.24 Å². The average molecular weight is 324 g/mol. The molecular weight excluding hydrogens is 298 g/mol. The molecule has 0 aliphatic carbocycles. The lowest BCUT2D eigenvalue weighted by molar-refractivity contribution is 0.209. The Morgan fingerprint density at radius 2 is 1.48 bits per heavy atom. The highest BCUT2D eigenvalue weighted by atomic mass is 32.2. The van der Waals surface area contributed by atoms with E-state index in [1.54, 1.807) is 0 Å². The van der Waals surface area contributed by atoms with Crippen LogP contribution in [0, 0.1) is 12.3 Å². The summed E-state index contributed by atoms with van der Waals surface area (Å²) in [6.45, 7) is 11.9. The Labute approximate surface area is 144 Å². The van der Waals surface area contributed by atoms with Crippen molar-refractivity contribution in [3.8, 4) is 0 Å². The molecule has 0 saturated carbocycles. The van der Waals surface area contributed by atoms with Crippen LogP contribution in [0.5, 0.6) is 0 Å². The van der Waals surface area contributed by atoms with Gasteiger partial charge in [-0.2, -0.15) is 0 Å². The van der Waals surface area contributed by atoms with Gasteiger partial charge in [-0.25, -0.2) is 0 Å². The van der Waals surface area contributed by atoms with Gasteiger partial charge in [0.2, 0.25) is 0 Å². The second kappa shape index (κ2) is 4.80. The highest BCUT2D eigenvalue weighted by Gasteiger charge is 2.58. The molecule has 2 heterocycles. The van der Waals surface area contributed by atoms with Gasteiger partial charge in [-0.05, 0) is 30.2 Å². The van der Waals surface area contributed by atoms with E-state index in [9.17, 15) is 0 Å². The minimum absolute atomic E-state index is 0.186. The molecule has 2 aliphatic heterocycles. The van der Waals surface area contributed by atoms with Crippen LogP contribution in [-0.2, 0) is 0 Å². The minimum atomic E-state index is 0.186. The monoisotopic (exact) mass is 323 g/mol. The van der Waals surface area contributed by atoms with E-state index in [1.165, 1.54) is 22.4 Å². The Bertz CT molecular complexity index is 745. The summed E-state index contributed by atoms with van der Waals surface area (Å²) in [4.78, 5) is 2.65. The van der Waals surface area contributed by atoms with Crippen LogP contribution in [0.2, 0.25) is 0 Å². The first-order valence-electron chi connectivity index (χ1n) is 8.44. The second-order valence-corrected chi connectivity index (χ2v) is 9.68. The van der Waals surface area contributed by atoms with Crippen LogP contribution in [0.25, 0.3) is 0 Å². The van der Waals surface area contributed by atoms with Gasteiger partial charge in [-0.1, -0.05) is 69.7 Å². The van der Waals surface area contributed by atoms with Crippen LogP contribution in [-0.4, -0.2) is 4.75 Å². The molecule has 23 heavy (non-hydrogen) atoms. The average Bonchev–Trinajstić information content (AvgIpc) is 2.79. The number of rotatable bonds is 1. The lowest BCUT2D eigenvalue weighted by Gasteiger charge is -2.55. The van der Waals surface area contributed by atoms with Crippen LogP contribution >= 0.6 is 11.8 Å². The maximum Gasteiger partial charge on any atom is 0.102 e. The second-order valence-electron chi connectivity index (χ2n) is 7.98. The van der Waals surface area contributed by atoms with Gasteiger partial charge in [0.15, 0.2) is 0 Å². The fourth-order valence-corrected chi connectivity index (χ4v) is 5.71. The zero-order valence-electron chi connectivity index (χ0n) is 14.6. The van der Waals surface area contributed by atoms with Crippen molar-refractivity contribution in [1.82, 2.24) is 0 Å². The smallest absolute Gasteiger partial charge is 0.102 e. The zero-order valence-corrected chi connectivity index (χ0v) is 15.4. The molecule has 2 bridgehead atoms. The Kier molecular flexibility index (Phi) is 3.16. The molecule has 2 aromatic rings. The molecule has 2 aliphatic rings. The Morgan fingerprint density at radius 3 is 2.13 bits per heavy atom. The molecule has 2 aromatic carbocycles. The summed E-state index contributed by atoms with van der Waals surface area (Å²) in [6, 6.07) is 18.5. The molecule has 0 N–H and O–H groups in total. The largest absolute Gasteiger partial charge is 0.348 e. The van der Waals surface area contributed by atoms with Gasteiger partial charge in [0.1, 0.15) is 5.37 Å². The molecule has 1 fully saturated rings. The number of aryl methyl sites for hydroxylation is 1. The highest BCUT2D eigenvalue weighted by Crippen LogP contribution is 2.68. The lowest BCUT2D eigenvalue weighted by atomic mass is 9.71. The van der Waals surface area contributed by atoms with Crippen molar-refractivity contribution < 1.29 is 0 Å². The zero-order chi connectivity index (χ0) is 16.4. The van der Waals surface area contributed by atoms with E-state index >= 15 is 0 Å². The fraction of sp³-hybridized carbons (Fsp3) is 0.429. The third kappa shape index (κ3) is 2.00. The Morgan fingerprint density at radius 1 is 0.870 bits per heavy atom. The Hall–Kier alpha value is -1.41. The molecule has 1 nitrogen and oxygen atoms in total. The summed E-state index contributed by atoms with van der Waals surface area (Å²) < 4.78 is 0.239. The number of thioether (sulfide) groups is 1. The molecule has 120 valence electrons. The molecule has 2 heteroatoms. The molecule has 4 rings (SSSR count). The van der Waals surface area contributed by atoms with Gasteiger partial charge >= 0.3 is 0 Å². The first-order chi connectivity index (χ1) is 10.8. The van der Waals surface area contributed by atoms with Crippen LogP contribution in [0.1, 0.15) is 55.8 Å². The summed E-state index contributed by atoms with van der Waals surface area (Å²) in [6.07, 6.45) is 0. The standard InChI is InChI=1S/C21H25NS/c1-14-10-12-15(13-11-14)22-18-16-8-6-7-9-17(16)19(22)23-21(4,5)20(18,2)3/h6-13,18-19H,1-5H3. The van der Waals surface area contributed by atoms with Gasteiger partial charge in [-0.15, -0.1) is 11.8 Å². The van der Waals surface area contributed by atoms with Gasteiger partial charge < -0.3 is 4.90 Å². The molecule has 0 aromatic heterocycles. The van der Waals surface area contributed by atoms with Crippen LogP contribution in [0.15, 0.2) is 48.5 Å². The Balaban J connectivity index is 1.92. The van der Waals surface area contributed by atoms with Gasteiger partial charge in [0.25, 0.3) is 0 Å². The van der Waals surface area contributed by atoms with Crippen LogP contribution < -0.4 is 4.90 Å². The fourth-order valence-electron chi connectivity index (χ4n) is 4.04. The highest BCUT2D eigenvalue weighted by molar-refractivity contribution is 8.01. The third-order valence-corrected chi connectivity index (χ3v) is 7.88. The molecule has 0 radical (unpaired) electrons. The first-order valence-corrected chi connectivity index (χ1v) is 9.32. The number of hydrogen-bond donors (Lipinski definition) is 0. The third-order valence-electron chi connectivity index (χ3n) is 6.06. The maximum atomic E-state index is 2.65. The molecule has 0 spiro atoms. The first kappa shape index (κ1) is 15.1. The maximum absolute atomic E-state index is 2.65. The number of nitrogens with zero attached hydrogens (tertiary/aromatic N) is 1. The normalized spacial score (nSPS) is 26.9. The van der Waals surface area contributed by atoms with E-state index < -0.39 is 0 Å². The van der Waals surface area contributed by atoms with Gasteiger partial charge in [0.05, 0.1) is 6.04 Å². The summed E-state index contributed by atoms with van der Waals surface area (Å²) in [7, 11) is 0. The van der Waals surface area contributed by atoms with Crippen LogP contribution in [0.3, 0.4) is 0 Å². The SMILES string of the molecule is Cc1ccc(N2C3SC(C)(C)C(C)(C)C2c2ccccc23)cc1. The van der Waals surface area contributed by atoms with Crippen molar-refractivity contribution >= 4 is 17.4 Å². The molecule has 2 unspecified atom stereocenters. The van der Waals surface area contributed by atoms with Crippen molar-refractivity contribution in [3.63, 3.8) is 0 Å². The minimum Gasteiger partial charge on any atom is -0.348 e. The molecule has 1 saturated heterocycles. The van der Waals surface area contributed by atoms with Crippen molar-refractivity contribution in [1.29, 1.82) is 0 Å². The van der Waals surface area contributed by atoms with E-state index in [0.717, 1.165) is 0 Å². The van der Waals surface area contributed by atoms with E-state index in [0.29, 0.717) is 11.4 Å². The summed E-state index contributed by atoms with van der Waals surface area (Å²) in [5, 5.41) is 0.418. The molecular formula is C21H25NS. The van der Waals surface area contributed by atoms with E-state index in [4.69, 9.17) is 0 Å². The van der Waals surface area contributed by atoms with E-state index in [-0.39, 0.29) is 10.2 Å². The van der Waals surface area contributed by atoms with E-state index in [1.807, 2.05) is 0 Å². The van der Waals surface area contributed by atoms with Crippen molar-refractivity contribution in [3.05, 3.63) is 65.2 Å². The van der Waals surface area contributed by atoms with Crippen molar-refractivity contribution in [2.75, 3.05) is 4.90 Å².